The van der Waals surface area contributed by atoms with Crippen LogP contribution < -0.4 is 5.32 Å². The van der Waals surface area contributed by atoms with Crippen molar-refractivity contribution in [3.63, 3.8) is 0 Å². The molecule has 1 amide bonds. The van der Waals surface area contributed by atoms with E-state index < -0.39 is 29.9 Å². The number of aromatic carboxylic acids is 1. The van der Waals surface area contributed by atoms with Gasteiger partial charge in [0.05, 0.1) is 12.0 Å². The van der Waals surface area contributed by atoms with Crippen LogP contribution in [0.1, 0.15) is 36.6 Å². The van der Waals surface area contributed by atoms with Gasteiger partial charge in [0.2, 0.25) is 11.7 Å². The van der Waals surface area contributed by atoms with E-state index >= 15 is 0 Å². The molecule has 1 heterocycles. The summed E-state index contributed by atoms with van der Waals surface area (Å²) >= 11 is 0. The molecule has 0 aliphatic carbocycles. The molecular weight excluding hydrogens is 279 g/mol. The minimum absolute atomic E-state index is 0.153. The Morgan fingerprint density at radius 1 is 1.30 bits per heavy atom. The molecule has 0 spiro atoms. The molecule has 0 saturated heterocycles. The molecule has 0 aromatic carbocycles. The molecule has 112 valence electrons. The van der Waals surface area contributed by atoms with Crippen molar-refractivity contribution in [1.82, 2.24) is 5.32 Å². The zero-order valence-electron chi connectivity index (χ0n) is 10.9. The van der Waals surface area contributed by atoms with Crippen molar-refractivity contribution >= 4 is 11.9 Å². The van der Waals surface area contributed by atoms with Crippen LogP contribution in [0.25, 0.3) is 0 Å². The van der Waals surface area contributed by atoms with Crippen molar-refractivity contribution in [2.75, 3.05) is 0 Å². The first kappa shape index (κ1) is 16.1. The smallest absolute Gasteiger partial charge is 0.394 e. The first-order valence-corrected chi connectivity index (χ1v) is 5.68. The monoisotopic (exact) mass is 293 g/mol. The van der Waals surface area contributed by atoms with Gasteiger partial charge in [-0.1, -0.05) is 13.8 Å². The predicted octanol–water partition coefficient (Wildman–Crippen LogP) is 2.57. The summed E-state index contributed by atoms with van der Waals surface area (Å²) in [7, 11) is 0. The van der Waals surface area contributed by atoms with Crippen molar-refractivity contribution in [3.05, 3.63) is 23.7 Å². The molecule has 1 aromatic heterocycles. The molecule has 1 rings (SSSR count). The number of carbonyl (C=O) groups excluding carboxylic acids is 1. The highest BCUT2D eigenvalue weighted by molar-refractivity contribution is 5.84. The van der Waals surface area contributed by atoms with Crippen LogP contribution in [0.4, 0.5) is 13.2 Å². The lowest BCUT2D eigenvalue weighted by Crippen LogP contribution is -2.37. The number of rotatable bonds is 5. The summed E-state index contributed by atoms with van der Waals surface area (Å²) in [6.07, 6.45) is -5.20. The van der Waals surface area contributed by atoms with Gasteiger partial charge in [-0.3, -0.25) is 4.79 Å². The first-order valence-electron chi connectivity index (χ1n) is 5.68. The standard InChI is InChI=1S/C12H14F3NO4/c1-11(2,12(13,14)15)5-9(17)16-6-7-3-4-8(20-7)10(18)19/h3-4H,5-6H2,1-2H3,(H,16,17)(H,18,19). The Hall–Kier alpha value is -1.99. The largest absolute Gasteiger partial charge is 0.475 e. The Morgan fingerprint density at radius 2 is 1.90 bits per heavy atom. The highest BCUT2D eigenvalue weighted by Crippen LogP contribution is 2.40. The normalized spacial score (nSPS) is 12.2. The number of furan rings is 1. The lowest BCUT2D eigenvalue weighted by molar-refractivity contribution is -0.213. The van der Waals surface area contributed by atoms with Crippen LogP contribution in [-0.2, 0) is 11.3 Å². The number of carboxylic acid groups (broad SMARTS) is 1. The van der Waals surface area contributed by atoms with Crippen molar-refractivity contribution in [2.24, 2.45) is 5.41 Å². The lowest BCUT2D eigenvalue weighted by atomic mass is 9.88. The Bertz CT molecular complexity index is 505. The zero-order valence-corrected chi connectivity index (χ0v) is 10.9. The first-order chi connectivity index (χ1) is 9.03. The van der Waals surface area contributed by atoms with E-state index in [2.05, 4.69) is 5.32 Å². The zero-order chi connectivity index (χ0) is 15.6. The number of amides is 1. The third-order valence-electron chi connectivity index (χ3n) is 2.70. The van der Waals surface area contributed by atoms with Gasteiger partial charge in [0.25, 0.3) is 0 Å². The second-order valence-corrected chi connectivity index (χ2v) is 4.91. The molecule has 2 N–H and O–H groups in total. The summed E-state index contributed by atoms with van der Waals surface area (Å²) < 4.78 is 42.6. The van der Waals surface area contributed by atoms with Crippen LogP contribution in [0.5, 0.6) is 0 Å². The van der Waals surface area contributed by atoms with E-state index in [1.165, 1.54) is 12.1 Å². The fourth-order valence-electron chi connectivity index (χ4n) is 1.34. The maximum Gasteiger partial charge on any atom is 0.394 e. The number of nitrogens with one attached hydrogen (secondary N) is 1. The number of halogens is 3. The van der Waals surface area contributed by atoms with Crippen molar-refractivity contribution in [2.45, 2.75) is 33.0 Å². The molecular formula is C12H14F3NO4. The van der Waals surface area contributed by atoms with Gasteiger partial charge < -0.3 is 14.8 Å². The number of hydrogen-bond donors (Lipinski definition) is 2. The van der Waals surface area contributed by atoms with E-state index in [-0.39, 0.29) is 18.1 Å². The van der Waals surface area contributed by atoms with E-state index in [9.17, 15) is 22.8 Å². The van der Waals surface area contributed by atoms with Crippen molar-refractivity contribution in [3.8, 4) is 0 Å². The van der Waals surface area contributed by atoms with Crippen molar-refractivity contribution < 1.29 is 32.3 Å². The molecule has 0 aliphatic heterocycles. The minimum atomic E-state index is -4.48. The van der Waals surface area contributed by atoms with Crippen LogP contribution in [-0.4, -0.2) is 23.2 Å². The van der Waals surface area contributed by atoms with Crippen LogP contribution in [0.15, 0.2) is 16.5 Å². The fraction of sp³-hybridized carbons (Fsp3) is 0.500. The Balaban J connectivity index is 2.53. The van der Waals surface area contributed by atoms with E-state index in [4.69, 9.17) is 9.52 Å². The van der Waals surface area contributed by atoms with Gasteiger partial charge in [-0.05, 0) is 12.1 Å². The van der Waals surface area contributed by atoms with Crippen LogP contribution >= 0.6 is 0 Å². The highest BCUT2D eigenvalue weighted by Gasteiger charge is 2.48. The van der Waals surface area contributed by atoms with Gasteiger partial charge in [-0.15, -0.1) is 0 Å². The van der Waals surface area contributed by atoms with Crippen LogP contribution in [0, 0.1) is 5.41 Å². The second kappa shape index (κ2) is 5.56. The molecule has 8 heteroatoms. The summed E-state index contributed by atoms with van der Waals surface area (Å²) in [5.41, 5.74) is -2.13. The van der Waals surface area contributed by atoms with E-state index in [1.807, 2.05) is 0 Å². The van der Waals surface area contributed by atoms with Gasteiger partial charge in [0.1, 0.15) is 5.76 Å². The summed E-state index contributed by atoms with van der Waals surface area (Å²) in [6, 6.07) is 2.53. The maximum absolute atomic E-state index is 12.6. The lowest BCUT2D eigenvalue weighted by Gasteiger charge is -2.26. The number of alkyl halides is 3. The van der Waals surface area contributed by atoms with Gasteiger partial charge in [0.15, 0.2) is 0 Å². The third kappa shape index (κ3) is 4.01. The van der Waals surface area contributed by atoms with Crippen molar-refractivity contribution in [1.29, 1.82) is 0 Å². The molecule has 0 bridgehead atoms. The fourth-order valence-corrected chi connectivity index (χ4v) is 1.34. The molecule has 1 aromatic rings. The minimum Gasteiger partial charge on any atom is -0.475 e. The number of carbonyl (C=O) groups is 2. The summed E-state index contributed by atoms with van der Waals surface area (Å²) in [4.78, 5) is 22.0. The maximum atomic E-state index is 12.6. The quantitative estimate of drug-likeness (QED) is 0.874. The molecule has 5 nitrogen and oxygen atoms in total. The molecule has 0 aliphatic rings. The molecule has 20 heavy (non-hydrogen) atoms. The van der Waals surface area contributed by atoms with E-state index in [0.29, 0.717) is 0 Å². The molecule has 0 atom stereocenters. The SMILES string of the molecule is CC(C)(CC(=O)NCc1ccc(C(=O)O)o1)C(F)(F)F. The summed E-state index contributed by atoms with van der Waals surface area (Å²) in [5.74, 6) is -2.20. The van der Waals surface area contributed by atoms with E-state index in [1.54, 1.807) is 0 Å². The van der Waals surface area contributed by atoms with Gasteiger partial charge in [-0.25, -0.2) is 4.79 Å². The average Bonchev–Trinajstić information content (AvgIpc) is 2.72. The van der Waals surface area contributed by atoms with Gasteiger partial charge in [-0.2, -0.15) is 13.2 Å². The summed E-state index contributed by atoms with van der Waals surface area (Å²) in [6.45, 7) is 1.70. The van der Waals surface area contributed by atoms with Gasteiger partial charge in [0, 0.05) is 6.42 Å². The number of carboxylic acids is 1. The van der Waals surface area contributed by atoms with Crippen LogP contribution in [0.3, 0.4) is 0 Å². The number of hydrogen-bond acceptors (Lipinski definition) is 3. The van der Waals surface area contributed by atoms with Crippen LogP contribution in [0.2, 0.25) is 0 Å². The molecule has 0 radical (unpaired) electrons. The summed E-state index contributed by atoms with van der Waals surface area (Å²) in [5, 5.41) is 10.9. The van der Waals surface area contributed by atoms with Gasteiger partial charge >= 0.3 is 12.1 Å². The predicted molar refractivity (Wildman–Crippen MR) is 62.0 cm³/mol. The van der Waals surface area contributed by atoms with E-state index in [0.717, 1.165) is 13.8 Å². The highest BCUT2D eigenvalue weighted by atomic mass is 19.4. The molecule has 0 fully saturated rings. The second-order valence-electron chi connectivity index (χ2n) is 4.91. The third-order valence-corrected chi connectivity index (χ3v) is 2.70. The Kier molecular flexibility index (Phi) is 4.46. The topological polar surface area (TPSA) is 79.5 Å². The Labute approximate surface area is 112 Å². The molecule has 0 saturated carbocycles. The average molecular weight is 293 g/mol. The Morgan fingerprint density at radius 3 is 2.35 bits per heavy atom. The molecule has 0 unspecified atom stereocenters.